The summed E-state index contributed by atoms with van der Waals surface area (Å²) in [6.07, 6.45) is 4.60. The van der Waals surface area contributed by atoms with Crippen molar-refractivity contribution < 1.29 is 9.72 Å². The van der Waals surface area contributed by atoms with Gasteiger partial charge in [0.25, 0.3) is 5.69 Å². The van der Waals surface area contributed by atoms with E-state index in [2.05, 4.69) is 10.2 Å². The Morgan fingerprint density at radius 2 is 1.88 bits per heavy atom. The molecule has 1 aromatic rings. The van der Waals surface area contributed by atoms with Crippen molar-refractivity contribution in [1.82, 2.24) is 4.90 Å². The standard InChI is InChI=1S/C18H24N4O3/c23-18(21-9-1-2-10-21)13-6-11-20(12-7-13)17-14-5-8-19-15(14)3-4-16(17)22(24)25/h3-4,13,19H,1-2,5-12H2. The number of hydrogen-bond donors (Lipinski definition) is 1. The zero-order valence-corrected chi connectivity index (χ0v) is 14.4. The largest absolute Gasteiger partial charge is 0.384 e. The normalized spacial score (nSPS) is 20.5. The molecule has 3 aliphatic rings. The number of piperidine rings is 1. The smallest absolute Gasteiger partial charge is 0.292 e. The zero-order valence-electron chi connectivity index (χ0n) is 14.4. The molecule has 3 heterocycles. The molecular formula is C18H24N4O3. The zero-order chi connectivity index (χ0) is 17.4. The minimum Gasteiger partial charge on any atom is -0.384 e. The van der Waals surface area contributed by atoms with Crippen molar-refractivity contribution >= 4 is 23.0 Å². The van der Waals surface area contributed by atoms with Crippen LogP contribution in [0.4, 0.5) is 17.1 Å². The van der Waals surface area contributed by atoms with Gasteiger partial charge < -0.3 is 15.1 Å². The maximum absolute atomic E-state index is 12.6. The van der Waals surface area contributed by atoms with Crippen LogP contribution in [0.3, 0.4) is 0 Å². The average Bonchev–Trinajstić information content (AvgIpc) is 3.31. The Morgan fingerprint density at radius 3 is 2.56 bits per heavy atom. The van der Waals surface area contributed by atoms with Gasteiger partial charge in [0.1, 0.15) is 5.69 Å². The van der Waals surface area contributed by atoms with E-state index >= 15 is 0 Å². The van der Waals surface area contributed by atoms with Gasteiger partial charge in [-0.15, -0.1) is 0 Å². The molecule has 2 fully saturated rings. The first-order valence-electron chi connectivity index (χ1n) is 9.23. The monoisotopic (exact) mass is 344 g/mol. The summed E-state index contributed by atoms with van der Waals surface area (Å²) in [6, 6.07) is 3.42. The summed E-state index contributed by atoms with van der Waals surface area (Å²) in [6.45, 7) is 4.03. The number of carbonyl (C=O) groups excluding carboxylic acids is 1. The molecule has 7 heteroatoms. The van der Waals surface area contributed by atoms with E-state index in [9.17, 15) is 14.9 Å². The summed E-state index contributed by atoms with van der Waals surface area (Å²) < 4.78 is 0. The highest BCUT2D eigenvalue weighted by Crippen LogP contribution is 2.41. The maximum Gasteiger partial charge on any atom is 0.292 e. The van der Waals surface area contributed by atoms with Gasteiger partial charge in [0, 0.05) is 56.0 Å². The summed E-state index contributed by atoms with van der Waals surface area (Å²) in [5.74, 6) is 0.356. The first-order valence-corrected chi connectivity index (χ1v) is 9.23. The lowest BCUT2D eigenvalue weighted by Crippen LogP contribution is -2.42. The van der Waals surface area contributed by atoms with Gasteiger partial charge in [-0.05, 0) is 38.2 Å². The van der Waals surface area contributed by atoms with Crippen molar-refractivity contribution in [3.05, 3.63) is 27.8 Å². The summed E-state index contributed by atoms with van der Waals surface area (Å²) in [7, 11) is 0. The van der Waals surface area contributed by atoms with E-state index in [4.69, 9.17) is 0 Å². The van der Waals surface area contributed by atoms with Crippen LogP contribution in [0.5, 0.6) is 0 Å². The van der Waals surface area contributed by atoms with E-state index in [0.29, 0.717) is 13.1 Å². The lowest BCUT2D eigenvalue weighted by molar-refractivity contribution is -0.384. The maximum atomic E-state index is 12.6. The van der Waals surface area contributed by atoms with Crippen molar-refractivity contribution in [3.8, 4) is 0 Å². The van der Waals surface area contributed by atoms with E-state index in [-0.39, 0.29) is 22.4 Å². The molecule has 3 aliphatic heterocycles. The van der Waals surface area contributed by atoms with Gasteiger partial charge in [0.15, 0.2) is 0 Å². The van der Waals surface area contributed by atoms with E-state index in [1.54, 1.807) is 6.07 Å². The molecular weight excluding hydrogens is 320 g/mol. The van der Waals surface area contributed by atoms with Gasteiger partial charge in [0.05, 0.1) is 4.92 Å². The van der Waals surface area contributed by atoms with E-state index in [1.807, 2.05) is 11.0 Å². The second-order valence-electron chi connectivity index (χ2n) is 7.19. The third kappa shape index (κ3) is 2.92. The number of nitrogens with one attached hydrogen (secondary N) is 1. The molecule has 25 heavy (non-hydrogen) atoms. The van der Waals surface area contributed by atoms with Crippen molar-refractivity contribution in [2.45, 2.75) is 32.1 Å². The Bertz CT molecular complexity index is 692. The van der Waals surface area contributed by atoms with Gasteiger partial charge in [-0.25, -0.2) is 0 Å². The van der Waals surface area contributed by atoms with Gasteiger partial charge in [0.2, 0.25) is 5.91 Å². The molecule has 0 saturated carbocycles. The molecule has 7 nitrogen and oxygen atoms in total. The Morgan fingerprint density at radius 1 is 1.16 bits per heavy atom. The Hall–Kier alpha value is -2.31. The fourth-order valence-electron chi connectivity index (χ4n) is 4.41. The van der Waals surface area contributed by atoms with E-state index in [0.717, 1.165) is 68.7 Å². The quantitative estimate of drug-likeness (QED) is 0.673. The van der Waals surface area contributed by atoms with Crippen LogP contribution >= 0.6 is 0 Å². The number of hydrogen-bond acceptors (Lipinski definition) is 5. The Kier molecular flexibility index (Phi) is 4.23. The average molecular weight is 344 g/mol. The highest BCUT2D eigenvalue weighted by atomic mass is 16.6. The Labute approximate surface area is 147 Å². The van der Waals surface area contributed by atoms with Crippen LogP contribution in [0.2, 0.25) is 0 Å². The van der Waals surface area contributed by atoms with Crippen LogP contribution in [0.1, 0.15) is 31.2 Å². The number of nitrogens with zero attached hydrogens (tertiary/aromatic N) is 3. The molecule has 0 atom stereocenters. The van der Waals surface area contributed by atoms with Crippen molar-refractivity contribution in [3.63, 3.8) is 0 Å². The third-order valence-corrected chi connectivity index (χ3v) is 5.73. The number of benzene rings is 1. The molecule has 0 unspecified atom stereocenters. The predicted octanol–water partition coefficient (Wildman–Crippen LogP) is 2.40. The minimum atomic E-state index is -0.282. The molecule has 0 radical (unpaired) electrons. The first-order chi connectivity index (χ1) is 12.1. The van der Waals surface area contributed by atoms with E-state index < -0.39 is 0 Å². The molecule has 4 rings (SSSR count). The second kappa shape index (κ2) is 6.54. The number of nitro benzene ring substituents is 1. The molecule has 1 aromatic carbocycles. The summed E-state index contributed by atoms with van der Waals surface area (Å²) in [5.41, 5.74) is 3.01. The fraction of sp³-hybridized carbons (Fsp3) is 0.611. The lowest BCUT2D eigenvalue weighted by atomic mass is 9.94. The van der Waals surface area contributed by atoms with Crippen LogP contribution in [-0.2, 0) is 11.2 Å². The number of carbonyl (C=O) groups is 1. The number of fused-ring (bicyclic) bond motifs is 1. The van der Waals surface area contributed by atoms with Crippen molar-refractivity contribution in [1.29, 1.82) is 0 Å². The van der Waals surface area contributed by atoms with Crippen LogP contribution in [-0.4, -0.2) is 48.5 Å². The van der Waals surface area contributed by atoms with Crippen molar-refractivity contribution in [2.24, 2.45) is 5.92 Å². The molecule has 0 spiro atoms. The number of anilines is 2. The molecule has 0 bridgehead atoms. The summed E-state index contributed by atoms with van der Waals surface area (Å²) in [5, 5.41) is 14.8. The topological polar surface area (TPSA) is 78.7 Å². The van der Waals surface area contributed by atoms with E-state index in [1.165, 1.54) is 0 Å². The Balaban J connectivity index is 1.52. The minimum absolute atomic E-state index is 0.0725. The van der Waals surface area contributed by atoms with Crippen LogP contribution in [0, 0.1) is 16.0 Å². The highest BCUT2D eigenvalue weighted by Gasteiger charge is 2.33. The second-order valence-corrected chi connectivity index (χ2v) is 7.19. The molecule has 1 amide bonds. The molecule has 1 N–H and O–H groups in total. The van der Waals surface area contributed by atoms with Crippen molar-refractivity contribution in [2.75, 3.05) is 42.9 Å². The SMILES string of the molecule is O=C(C1CCN(c2c([N+](=O)[O-])ccc3c2CCN3)CC1)N1CCCC1. The number of rotatable bonds is 3. The number of likely N-dealkylation sites (tertiary alicyclic amines) is 1. The predicted molar refractivity (Wildman–Crippen MR) is 96.0 cm³/mol. The number of nitro groups is 1. The summed E-state index contributed by atoms with van der Waals surface area (Å²) >= 11 is 0. The van der Waals surface area contributed by atoms with Crippen LogP contribution in [0.15, 0.2) is 12.1 Å². The first kappa shape index (κ1) is 16.2. The fourth-order valence-corrected chi connectivity index (χ4v) is 4.41. The molecule has 134 valence electrons. The highest BCUT2D eigenvalue weighted by molar-refractivity contribution is 5.81. The van der Waals surface area contributed by atoms with Gasteiger partial charge in [-0.3, -0.25) is 14.9 Å². The molecule has 0 aliphatic carbocycles. The molecule has 0 aromatic heterocycles. The lowest BCUT2D eigenvalue weighted by Gasteiger charge is -2.35. The van der Waals surface area contributed by atoms with Gasteiger partial charge >= 0.3 is 0 Å². The van der Waals surface area contributed by atoms with Crippen LogP contribution < -0.4 is 10.2 Å². The molecule has 2 saturated heterocycles. The van der Waals surface area contributed by atoms with Gasteiger partial charge in [-0.1, -0.05) is 0 Å². The third-order valence-electron chi connectivity index (χ3n) is 5.73. The summed E-state index contributed by atoms with van der Waals surface area (Å²) in [4.78, 5) is 27.9. The van der Waals surface area contributed by atoms with Gasteiger partial charge in [-0.2, -0.15) is 0 Å². The number of amides is 1. The van der Waals surface area contributed by atoms with Crippen LogP contribution in [0.25, 0.3) is 0 Å².